The van der Waals surface area contributed by atoms with Crippen molar-refractivity contribution in [3.8, 4) is 11.1 Å². The molecule has 2 heteroatoms. The van der Waals surface area contributed by atoms with Gasteiger partial charge in [0, 0.05) is 6.92 Å². The van der Waals surface area contributed by atoms with Crippen LogP contribution in [0.4, 0.5) is 0 Å². The number of hydrogen-bond acceptors (Lipinski definition) is 2. The Morgan fingerprint density at radius 1 is 1.03 bits per heavy atom. The van der Waals surface area contributed by atoms with Gasteiger partial charge in [0.05, 0.1) is 0 Å². The Hall–Kier alpha value is -2.35. The number of ether oxygens (including phenoxy) is 1. The summed E-state index contributed by atoms with van der Waals surface area (Å²) in [5, 5.41) is 0. The summed E-state index contributed by atoms with van der Waals surface area (Å²) in [4.78, 5) is 11.1. The summed E-state index contributed by atoms with van der Waals surface area (Å²) in [5.41, 5.74) is 5.50. The molecule has 1 fully saturated rings. The van der Waals surface area contributed by atoms with E-state index in [-0.39, 0.29) is 12.1 Å². The summed E-state index contributed by atoms with van der Waals surface area (Å²) < 4.78 is 5.29. The van der Waals surface area contributed by atoms with Crippen molar-refractivity contribution in [2.24, 2.45) is 5.92 Å². The topological polar surface area (TPSA) is 26.3 Å². The van der Waals surface area contributed by atoms with Gasteiger partial charge in [-0.05, 0) is 79.0 Å². The molecular weight excluding hydrogens is 368 g/mol. The number of rotatable bonds is 9. The van der Waals surface area contributed by atoms with Gasteiger partial charge in [-0.25, -0.2) is 0 Å². The molecule has 30 heavy (non-hydrogen) atoms. The van der Waals surface area contributed by atoms with E-state index in [1.54, 1.807) is 6.08 Å². The van der Waals surface area contributed by atoms with E-state index in [1.165, 1.54) is 61.3 Å². The minimum absolute atomic E-state index is 0.135. The molecule has 3 rings (SSSR count). The maximum absolute atomic E-state index is 11.1. The fraction of sp³-hybridized carbons (Fsp3) is 0.464. The Morgan fingerprint density at radius 2 is 1.63 bits per heavy atom. The largest absolute Gasteiger partial charge is 0.458 e. The van der Waals surface area contributed by atoms with Crippen molar-refractivity contribution in [1.82, 2.24) is 0 Å². The number of hydrogen-bond donors (Lipinski definition) is 0. The molecule has 0 aliphatic heterocycles. The molecule has 1 saturated carbocycles. The predicted octanol–water partition coefficient (Wildman–Crippen LogP) is 7.48. The molecule has 1 unspecified atom stereocenters. The van der Waals surface area contributed by atoms with Crippen molar-refractivity contribution in [2.75, 3.05) is 0 Å². The second-order valence-electron chi connectivity index (χ2n) is 8.75. The lowest BCUT2D eigenvalue weighted by atomic mass is 9.77. The molecule has 0 radical (unpaired) electrons. The van der Waals surface area contributed by atoms with E-state index in [4.69, 9.17) is 4.74 Å². The zero-order valence-corrected chi connectivity index (χ0v) is 18.6. The van der Waals surface area contributed by atoms with Gasteiger partial charge in [0.1, 0.15) is 6.10 Å². The fourth-order valence-electron chi connectivity index (χ4n) is 4.72. The van der Waals surface area contributed by atoms with Gasteiger partial charge < -0.3 is 4.74 Å². The van der Waals surface area contributed by atoms with Crippen molar-refractivity contribution in [1.29, 1.82) is 0 Å². The summed E-state index contributed by atoms with van der Waals surface area (Å²) in [5.74, 6) is 1.19. The zero-order valence-electron chi connectivity index (χ0n) is 18.6. The first kappa shape index (κ1) is 22.3. The molecule has 160 valence electrons. The SMILES string of the molecule is C=CC(CCC1CCC(c2ccc(-c3ccc(CCC)cc3)cc2)CC1)OC(C)=O. The lowest BCUT2D eigenvalue weighted by Gasteiger charge is -2.29. The highest BCUT2D eigenvalue weighted by Crippen LogP contribution is 2.38. The molecule has 0 N–H and O–H groups in total. The minimum atomic E-state index is -0.219. The molecule has 0 spiro atoms. The van der Waals surface area contributed by atoms with Crippen molar-refractivity contribution in [3.05, 3.63) is 72.3 Å². The lowest BCUT2D eigenvalue weighted by molar-refractivity contribution is -0.144. The Morgan fingerprint density at radius 3 is 2.17 bits per heavy atom. The van der Waals surface area contributed by atoms with Crippen LogP contribution in [-0.4, -0.2) is 12.1 Å². The Kier molecular flexibility index (Phi) is 8.30. The molecule has 0 heterocycles. The van der Waals surface area contributed by atoms with Crippen molar-refractivity contribution >= 4 is 5.97 Å². The highest BCUT2D eigenvalue weighted by atomic mass is 16.5. The zero-order chi connectivity index (χ0) is 21.3. The first-order chi connectivity index (χ1) is 14.6. The predicted molar refractivity (Wildman–Crippen MR) is 126 cm³/mol. The van der Waals surface area contributed by atoms with Crippen molar-refractivity contribution in [2.45, 2.75) is 77.2 Å². The molecule has 2 aromatic carbocycles. The van der Waals surface area contributed by atoms with Gasteiger partial charge >= 0.3 is 5.97 Å². The normalized spacial score (nSPS) is 19.8. The average molecular weight is 405 g/mol. The van der Waals surface area contributed by atoms with Crippen LogP contribution >= 0.6 is 0 Å². The van der Waals surface area contributed by atoms with E-state index in [2.05, 4.69) is 62.0 Å². The summed E-state index contributed by atoms with van der Waals surface area (Å²) in [6, 6.07) is 18.2. The third-order valence-electron chi connectivity index (χ3n) is 6.49. The Bertz CT molecular complexity index is 796. The van der Waals surface area contributed by atoms with Crippen LogP contribution < -0.4 is 0 Å². The minimum Gasteiger partial charge on any atom is -0.458 e. The highest BCUT2D eigenvalue weighted by Gasteiger charge is 2.23. The van der Waals surface area contributed by atoms with Crippen LogP contribution in [0.25, 0.3) is 11.1 Å². The average Bonchev–Trinajstić information content (AvgIpc) is 2.78. The third-order valence-corrected chi connectivity index (χ3v) is 6.49. The number of carbonyl (C=O) groups excluding carboxylic acids is 1. The monoisotopic (exact) mass is 404 g/mol. The van der Waals surface area contributed by atoms with E-state index in [0.29, 0.717) is 5.92 Å². The van der Waals surface area contributed by atoms with Crippen LogP contribution in [0.2, 0.25) is 0 Å². The molecule has 0 bridgehead atoms. The lowest BCUT2D eigenvalue weighted by Crippen LogP contribution is -2.18. The standard InChI is InChI=1S/C28H36O2/c1-4-6-22-7-12-24(13-8-22)26-16-18-27(19-17-26)25-14-9-23(10-15-25)11-20-28(5-2)30-21(3)29/h5,7-8,12-13,16-19,23,25,28H,2,4,6,9-11,14-15,20H2,1,3H3. The van der Waals surface area contributed by atoms with Crippen LogP contribution in [0.3, 0.4) is 0 Å². The molecule has 0 aromatic heterocycles. The third kappa shape index (κ3) is 6.32. The molecule has 2 nitrogen and oxygen atoms in total. The number of aryl methyl sites for hydroxylation is 1. The quantitative estimate of drug-likeness (QED) is 0.320. The van der Waals surface area contributed by atoms with Crippen LogP contribution in [-0.2, 0) is 16.0 Å². The van der Waals surface area contributed by atoms with Gasteiger partial charge in [-0.2, -0.15) is 0 Å². The van der Waals surface area contributed by atoms with Gasteiger partial charge in [0.25, 0.3) is 0 Å². The van der Waals surface area contributed by atoms with Crippen LogP contribution in [0, 0.1) is 5.92 Å². The van der Waals surface area contributed by atoms with E-state index >= 15 is 0 Å². The van der Waals surface area contributed by atoms with E-state index in [1.807, 2.05) is 0 Å². The van der Waals surface area contributed by atoms with Gasteiger partial charge in [0.15, 0.2) is 0 Å². The Labute approximate surface area is 182 Å². The molecular formula is C28H36O2. The summed E-state index contributed by atoms with van der Waals surface area (Å²) in [7, 11) is 0. The second-order valence-corrected chi connectivity index (χ2v) is 8.75. The van der Waals surface area contributed by atoms with Crippen molar-refractivity contribution in [3.63, 3.8) is 0 Å². The summed E-state index contributed by atoms with van der Waals surface area (Å²) in [6.07, 6.45) is 11.0. The Balaban J connectivity index is 1.49. The number of carbonyl (C=O) groups is 1. The van der Waals surface area contributed by atoms with E-state index < -0.39 is 0 Å². The van der Waals surface area contributed by atoms with Gasteiger partial charge in [-0.3, -0.25) is 4.79 Å². The number of esters is 1. The smallest absolute Gasteiger partial charge is 0.303 e. The first-order valence-corrected chi connectivity index (χ1v) is 11.6. The van der Waals surface area contributed by atoms with Crippen molar-refractivity contribution < 1.29 is 9.53 Å². The van der Waals surface area contributed by atoms with E-state index in [0.717, 1.165) is 25.2 Å². The second kappa shape index (κ2) is 11.2. The molecule has 2 aromatic rings. The first-order valence-electron chi connectivity index (χ1n) is 11.6. The number of benzene rings is 2. The van der Waals surface area contributed by atoms with Crippen LogP contribution in [0.1, 0.15) is 75.8 Å². The maximum Gasteiger partial charge on any atom is 0.303 e. The van der Waals surface area contributed by atoms with Gasteiger partial charge in [-0.15, -0.1) is 0 Å². The van der Waals surface area contributed by atoms with E-state index in [9.17, 15) is 4.79 Å². The molecule has 1 aliphatic rings. The summed E-state index contributed by atoms with van der Waals surface area (Å²) in [6.45, 7) is 7.48. The van der Waals surface area contributed by atoms with Crippen LogP contribution in [0.5, 0.6) is 0 Å². The molecule has 0 amide bonds. The summed E-state index contributed by atoms with van der Waals surface area (Å²) >= 11 is 0. The molecule has 1 aliphatic carbocycles. The fourth-order valence-corrected chi connectivity index (χ4v) is 4.72. The molecule has 0 saturated heterocycles. The van der Waals surface area contributed by atoms with Crippen LogP contribution in [0.15, 0.2) is 61.2 Å². The van der Waals surface area contributed by atoms with Gasteiger partial charge in [-0.1, -0.05) is 74.5 Å². The molecule has 1 atom stereocenters. The van der Waals surface area contributed by atoms with Gasteiger partial charge in [0.2, 0.25) is 0 Å². The maximum atomic E-state index is 11.1. The highest BCUT2D eigenvalue weighted by molar-refractivity contribution is 5.66.